The van der Waals surface area contributed by atoms with Gasteiger partial charge in [0.15, 0.2) is 0 Å². The summed E-state index contributed by atoms with van der Waals surface area (Å²) in [5.41, 5.74) is 3.69. The van der Waals surface area contributed by atoms with Gasteiger partial charge in [-0.05, 0) is 60.8 Å². The lowest BCUT2D eigenvalue weighted by Gasteiger charge is -2.07. The maximum absolute atomic E-state index is 12.2. The van der Waals surface area contributed by atoms with E-state index in [-0.39, 0.29) is 5.91 Å². The van der Waals surface area contributed by atoms with Crippen LogP contribution in [0.1, 0.15) is 35.3 Å². The van der Waals surface area contributed by atoms with E-state index in [2.05, 4.69) is 46.2 Å². The van der Waals surface area contributed by atoms with E-state index < -0.39 is 0 Å². The lowest BCUT2D eigenvalue weighted by Crippen LogP contribution is -2.12. The van der Waals surface area contributed by atoms with Crippen LogP contribution < -0.4 is 10.0 Å². The summed E-state index contributed by atoms with van der Waals surface area (Å²) < 4.78 is 3.33. The Morgan fingerprint density at radius 1 is 1.00 bits per heavy atom. The molecule has 3 aromatic rings. The summed E-state index contributed by atoms with van der Waals surface area (Å²) >= 11 is 1.60. The van der Waals surface area contributed by atoms with E-state index >= 15 is 0 Å². The summed E-state index contributed by atoms with van der Waals surface area (Å²) in [4.78, 5) is 17.4. The number of nitrogens with zero attached hydrogens (tertiary/aromatic N) is 1. The van der Waals surface area contributed by atoms with Crippen LogP contribution in [0.15, 0.2) is 78.0 Å². The number of hydrogen-bond acceptors (Lipinski definition) is 4. The van der Waals surface area contributed by atoms with Crippen LogP contribution in [0.5, 0.6) is 0 Å². The van der Waals surface area contributed by atoms with Gasteiger partial charge in [0.1, 0.15) is 0 Å². The lowest BCUT2D eigenvalue weighted by atomic mass is 10.1. The summed E-state index contributed by atoms with van der Waals surface area (Å²) in [6.07, 6.45) is 3.30. The molecule has 4 nitrogen and oxygen atoms in total. The highest BCUT2D eigenvalue weighted by Gasteiger charge is 2.06. The van der Waals surface area contributed by atoms with Gasteiger partial charge < -0.3 is 5.32 Å². The van der Waals surface area contributed by atoms with Crippen LogP contribution in [0.3, 0.4) is 0 Å². The zero-order valence-electron chi connectivity index (χ0n) is 15.9. The number of nitrogens with one attached hydrogen (secondary N) is 2. The van der Waals surface area contributed by atoms with Crippen molar-refractivity contribution in [2.24, 2.45) is 0 Å². The van der Waals surface area contributed by atoms with Crippen LogP contribution in [0, 0.1) is 6.92 Å². The normalized spacial score (nSPS) is 9.89. The molecule has 0 spiro atoms. The molecule has 3 rings (SSSR count). The molecule has 1 aromatic heterocycles. The molecule has 5 heteroatoms. The molecule has 0 unspecified atom stereocenters. The van der Waals surface area contributed by atoms with Crippen molar-refractivity contribution in [1.29, 1.82) is 0 Å². The molecular weight excluding hydrogens is 354 g/mol. The van der Waals surface area contributed by atoms with Crippen LogP contribution in [-0.4, -0.2) is 10.9 Å². The molecule has 0 atom stereocenters. The third-order valence-corrected chi connectivity index (χ3v) is 4.42. The highest BCUT2D eigenvalue weighted by atomic mass is 32.2. The Labute approximate surface area is 165 Å². The minimum absolute atomic E-state index is 0.137. The van der Waals surface area contributed by atoms with Crippen LogP contribution >= 0.6 is 11.9 Å². The third-order valence-electron chi connectivity index (χ3n) is 3.62. The molecule has 0 aliphatic rings. The number of anilines is 1. The predicted octanol–water partition coefficient (Wildman–Crippen LogP) is 5.47. The van der Waals surface area contributed by atoms with Gasteiger partial charge in [0.2, 0.25) is 0 Å². The van der Waals surface area contributed by atoms with E-state index in [9.17, 15) is 4.79 Å². The van der Waals surface area contributed by atoms with Gasteiger partial charge in [-0.15, -0.1) is 0 Å². The largest absolute Gasteiger partial charge is 0.321 e. The molecule has 0 saturated carbocycles. The predicted molar refractivity (Wildman–Crippen MR) is 114 cm³/mol. The number of benzene rings is 2. The number of amides is 1. The fourth-order valence-corrected chi connectivity index (χ4v) is 2.90. The fourth-order valence-electron chi connectivity index (χ4n) is 2.22. The first-order valence-corrected chi connectivity index (χ1v) is 9.79. The zero-order valence-corrected chi connectivity index (χ0v) is 16.7. The summed E-state index contributed by atoms with van der Waals surface area (Å²) in [7, 11) is 0. The average Bonchev–Trinajstić information content (AvgIpc) is 2.72. The van der Waals surface area contributed by atoms with Gasteiger partial charge in [-0.2, -0.15) is 0 Å². The monoisotopic (exact) mass is 379 g/mol. The maximum atomic E-state index is 12.2. The Kier molecular flexibility index (Phi) is 8.55. The van der Waals surface area contributed by atoms with Gasteiger partial charge in [-0.3, -0.25) is 14.5 Å². The van der Waals surface area contributed by atoms with Crippen molar-refractivity contribution >= 4 is 23.5 Å². The van der Waals surface area contributed by atoms with Gasteiger partial charge >= 0.3 is 0 Å². The Balaban J connectivity index is 0.00000126. The lowest BCUT2D eigenvalue weighted by molar-refractivity contribution is 0.102. The molecular formula is C22H25N3OS. The third kappa shape index (κ3) is 6.89. The Morgan fingerprint density at radius 2 is 1.70 bits per heavy atom. The van der Waals surface area contributed by atoms with Crippen molar-refractivity contribution in [1.82, 2.24) is 9.71 Å². The molecule has 0 aliphatic carbocycles. The number of hydrogen-bond donors (Lipinski definition) is 2. The zero-order chi connectivity index (χ0) is 19.5. The first kappa shape index (κ1) is 20.7. The Morgan fingerprint density at radius 3 is 2.33 bits per heavy atom. The first-order valence-electron chi connectivity index (χ1n) is 8.97. The van der Waals surface area contributed by atoms with Gasteiger partial charge in [0.25, 0.3) is 5.91 Å². The fraction of sp³-hybridized carbons (Fsp3) is 0.182. The van der Waals surface area contributed by atoms with Gasteiger partial charge in [0.05, 0.1) is 11.9 Å². The van der Waals surface area contributed by atoms with Crippen molar-refractivity contribution in [3.63, 3.8) is 0 Å². The highest BCUT2D eigenvalue weighted by molar-refractivity contribution is 7.97. The van der Waals surface area contributed by atoms with Crippen LogP contribution in [0.25, 0.3) is 0 Å². The minimum Gasteiger partial charge on any atom is -0.321 e. The second kappa shape index (κ2) is 11.2. The Hall–Kier alpha value is -2.63. The van der Waals surface area contributed by atoms with Crippen molar-refractivity contribution in [3.05, 3.63) is 89.7 Å². The molecule has 2 aromatic carbocycles. The van der Waals surface area contributed by atoms with E-state index in [1.54, 1.807) is 30.4 Å². The molecule has 0 bridgehead atoms. The number of aryl methyl sites for hydroxylation is 1. The molecule has 0 aliphatic heterocycles. The molecule has 1 heterocycles. The van der Waals surface area contributed by atoms with Crippen molar-refractivity contribution in [2.45, 2.75) is 32.2 Å². The molecule has 0 saturated heterocycles. The van der Waals surface area contributed by atoms with E-state index in [4.69, 9.17) is 0 Å². The Bertz CT molecular complexity index is 818. The number of carbonyl (C=O) groups is 1. The van der Waals surface area contributed by atoms with E-state index in [1.165, 1.54) is 10.5 Å². The van der Waals surface area contributed by atoms with Crippen molar-refractivity contribution < 1.29 is 4.79 Å². The van der Waals surface area contributed by atoms with E-state index in [1.807, 2.05) is 44.2 Å². The number of aromatic nitrogens is 1. The van der Waals surface area contributed by atoms with E-state index in [0.717, 1.165) is 12.1 Å². The molecule has 0 radical (unpaired) electrons. The van der Waals surface area contributed by atoms with Crippen LogP contribution in [0.4, 0.5) is 5.69 Å². The second-order valence-corrected chi connectivity index (χ2v) is 6.59. The van der Waals surface area contributed by atoms with Crippen molar-refractivity contribution in [2.75, 3.05) is 5.32 Å². The molecule has 1 amide bonds. The first-order chi connectivity index (χ1) is 13.2. The summed E-state index contributed by atoms with van der Waals surface area (Å²) in [5.74, 6) is -0.137. The van der Waals surface area contributed by atoms with E-state index in [0.29, 0.717) is 11.3 Å². The minimum atomic E-state index is -0.137. The summed E-state index contributed by atoms with van der Waals surface area (Å²) in [6, 6.07) is 19.6. The molecule has 0 fully saturated rings. The number of rotatable bonds is 6. The number of carbonyl (C=O) groups excluding carboxylic acids is 1. The van der Waals surface area contributed by atoms with Gasteiger partial charge in [0, 0.05) is 23.2 Å². The van der Waals surface area contributed by atoms with Gasteiger partial charge in [-0.1, -0.05) is 43.7 Å². The topological polar surface area (TPSA) is 54.0 Å². The van der Waals surface area contributed by atoms with Gasteiger partial charge in [-0.25, -0.2) is 0 Å². The van der Waals surface area contributed by atoms with Crippen LogP contribution in [0.2, 0.25) is 0 Å². The quantitative estimate of drug-likeness (QED) is 0.558. The smallest absolute Gasteiger partial charge is 0.255 e. The summed E-state index contributed by atoms with van der Waals surface area (Å²) in [5, 5.41) is 2.83. The average molecular weight is 380 g/mol. The standard InChI is InChI=1S/C20H19N3OS.C2H6/c1-15-4-10-19(11-5-15)25-22-13-16-6-8-17(9-7-16)20(24)23-18-3-2-12-21-14-18;1-2/h2-12,14,22H,13H2,1H3,(H,23,24);1-2H3. The SMILES string of the molecule is CC.Cc1ccc(SNCc2ccc(C(=O)Nc3cccnc3)cc2)cc1. The summed E-state index contributed by atoms with van der Waals surface area (Å²) in [6.45, 7) is 6.80. The second-order valence-electron chi connectivity index (χ2n) is 5.63. The van der Waals surface area contributed by atoms with Crippen molar-refractivity contribution in [3.8, 4) is 0 Å². The molecule has 27 heavy (non-hydrogen) atoms. The maximum Gasteiger partial charge on any atom is 0.255 e. The molecule has 2 N–H and O–H groups in total. The van der Waals surface area contributed by atoms with Crippen LogP contribution in [-0.2, 0) is 6.54 Å². The molecule has 140 valence electrons. The highest BCUT2D eigenvalue weighted by Crippen LogP contribution is 2.16. The number of pyridine rings is 1.